The summed E-state index contributed by atoms with van der Waals surface area (Å²) in [5, 5.41) is 7.43. The van der Waals surface area contributed by atoms with Gasteiger partial charge in [0.2, 0.25) is 5.91 Å². The average Bonchev–Trinajstić information content (AvgIpc) is 3.12. The number of thiazole rings is 1. The van der Waals surface area contributed by atoms with Gasteiger partial charge >= 0.3 is 6.18 Å². The number of carbonyl (C=O) groups excluding carboxylic acids is 1. The Morgan fingerprint density at radius 1 is 1.52 bits per heavy atom. The Balaban J connectivity index is 1.92. The Morgan fingerprint density at radius 3 is 2.91 bits per heavy atom. The van der Waals surface area contributed by atoms with Crippen LogP contribution in [0.3, 0.4) is 0 Å². The molecule has 0 saturated heterocycles. The lowest BCUT2D eigenvalue weighted by Gasteiger charge is -2.08. The predicted molar refractivity (Wildman–Crippen MR) is 82.4 cm³/mol. The van der Waals surface area contributed by atoms with Crippen molar-refractivity contribution < 1.29 is 18.0 Å². The molecule has 2 rings (SSSR count). The Morgan fingerprint density at radius 2 is 2.26 bits per heavy atom. The van der Waals surface area contributed by atoms with E-state index in [1.807, 2.05) is 5.38 Å². The molecule has 1 amide bonds. The first kappa shape index (κ1) is 17.5. The van der Waals surface area contributed by atoms with Crippen LogP contribution in [0.4, 0.5) is 18.3 Å². The van der Waals surface area contributed by atoms with E-state index in [9.17, 15) is 18.0 Å². The van der Waals surface area contributed by atoms with Crippen LogP contribution in [0.2, 0.25) is 0 Å². The summed E-state index contributed by atoms with van der Waals surface area (Å²) < 4.78 is 36.2. The number of nitrogens with one attached hydrogen (secondary N) is 2. The standard InChI is InChI=1S/C13H18F3N5OS/c1-18-10(22)8-3-2-7(4-8)9-5-23-12(20-9)21-11(17)19-6-13(14,15)16/h5,7-8H,2-4,6H2,1H3,(H,18,22)(H3,17,19,20,21). The van der Waals surface area contributed by atoms with Gasteiger partial charge in [-0.3, -0.25) is 4.79 Å². The number of halogens is 3. The van der Waals surface area contributed by atoms with Gasteiger partial charge < -0.3 is 16.4 Å². The molecule has 23 heavy (non-hydrogen) atoms. The minimum atomic E-state index is -4.39. The Bertz CT molecular complexity index is 586. The fourth-order valence-electron chi connectivity index (χ4n) is 2.55. The normalized spacial score (nSPS) is 22.2. The number of alkyl halides is 3. The third-order valence-corrected chi connectivity index (χ3v) is 4.43. The number of hydrogen-bond acceptors (Lipinski definition) is 4. The van der Waals surface area contributed by atoms with Crippen molar-refractivity contribution >= 4 is 28.3 Å². The highest BCUT2D eigenvalue weighted by molar-refractivity contribution is 7.13. The lowest BCUT2D eigenvalue weighted by molar-refractivity contribution is -0.124. The summed E-state index contributed by atoms with van der Waals surface area (Å²) in [4.78, 5) is 19.2. The number of aliphatic imine (C=N–C) groups is 1. The Labute approximate surface area is 135 Å². The van der Waals surface area contributed by atoms with Gasteiger partial charge in [0.15, 0.2) is 11.1 Å². The molecule has 1 heterocycles. The largest absolute Gasteiger partial charge is 0.408 e. The number of amides is 1. The monoisotopic (exact) mass is 349 g/mol. The minimum absolute atomic E-state index is 0.0125. The molecule has 2 unspecified atom stereocenters. The van der Waals surface area contributed by atoms with Crippen molar-refractivity contribution in [3.8, 4) is 0 Å². The highest BCUT2D eigenvalue weighted by Crippen LogP contribution is 2.39. The third kappa shape index (κ3) is 5.08. The van der Waals surface area contributed by atoms with Crippen molar-refractivity contribution in [2.24, 2.45) is 16.6 Å². The van der Waals surface area contributed by atoms with Gasteiger partial charge in [-0.2, -0.15) is 13.2 Å². The molecule has 1 saturated carbocycles. The summed E-state index contributed by atoms with van der Waals surface area (Å²) in [5.41, 5.74) is 6.23. The number of hydrogen-bond donors (Lipinski definition) is 3. The summed E-state index contributed by atoms with van der Waals surface area (Å²) in [6.07, 6.45) is -2.00. The number of nitrogens with two attached hydrogens (primary N) is 1. The van der Waals surface area contributed by atoms with Gasteiger partial charge in [-0.15, -0.1) is 11.3 Å². The first-order valence-corrected chi connectivity index (χ1v) is 7.97. The minimum Gasteiger partial charge on any atom is -0.370 e. The van der Waals surface area contributed by atoms with Gasteiger partial charge in [-0.05, 0) is 19.3 Å². The van der Waals surface area contributed by atoms with E-state index in [1.54, 1.807) is 7.05 Å². The molecule has 1 fully saturated rings. The highest BCUT2D eigenvalue weighted by Gasteiger charge is 2.31. The summed E-state index contributed by atoms with van der Waals surface area (Å²) >= 11 is 1.25. The van der Waals surface area contributed by atoms with Gasteiger partial charge in [-0.25, -0.2) is 9.98 Å². The molecule has 1 aliphatic rings. The van der Waals surface area contributed by atoms with Crippen LogP contribution in [0.25, 0.3) is 0 Å². The van der Waals surface area contributed by atoms with Crippen molar-refractivity contribution in [2.45, 2.75) is 31.4 Å². The van der Waals surface area contributed by atoms with E-state index in [0.29, 0.717) is 5.13 Å². The lowest BCUT2D eigenvalue weighted by Crippen LogP contribution is -2.25. The van der Waals surface area contributed by atoms with E-state index in [4.69, 9.17) is 5.73 Å². The summed E-state index contributed by atoms with van der Waals surface area (Å²) in [5.74, 6) is -0.124. The van der Waals surface area contributed by atoms with Crippen LogP contribution in [0.1, 0.15) is 30.9 Å². The fourth-order valence-corrected chi connectivity index (χ4v) is 3.35. The van der Waals surface area contributed by atoms with Gasteiger partial charge in [0.25, 0.3) is 0 Å². The smallest absolute Gasteiger partial charge is 0.370 e. The fraction of sp³-hybridized carbons (Fsp3) is 0.615. The third-order valence-electron chi connectivity index (χ3n) is 3.65. The van der Waals surface area contributed by atoms with Crippen LogP contribution < -0.4 is 16.4 Å². The summed E-state index contributed by atoms with van der Waals surface area (Å²) in [6.45, 7) is -1.33. The molecule has 128 valence electrons. The molecule has 0 aromatic carbocycles. The number of guanidine groups is 1. The number of nitrogens with zero attached hydrogens (tertiary/aromatic N) is 2. The summed E-state index contributed by atoms with van der Waals surface area (Å²) in [6, 6.07) is 0. The zero-order valence-corrected chi connectivity index (χ0v) is 13.3. The van der Waals surface area contributed by atoms with E-state index >= 15 is 0 Å². The van der Waals surface area contributed by atoms with Crippen LogP contribution in [0.15, 0.2) is 10.4 Å². The van der Waals surface area contributed by atoms with Gasteiger partial charge in [-0.1, -0.05) is 0 Å². The predicted octanol–water partition coefficient (Wildman–Crippen LogP) is 2.06. The maximum Gasteiger partial charge on any atom is 0.408 e. The zero-order chi connectivity index (χ0) is 17.0. The number of carbonyl (C=O) groups is 1. The van der Waals surface area contributed by atoms with Crippen LogP contribution in [-0.4, -0.2) is 36.6 Å². The van der Waals surface area contributed by atoms with Crippen LogP contribution in [0.5, 0.6) is 0 Å². The van der Waals surface area contributed by atoms with Crippen molar-refractivity contribution in [2.75, 3.05) is 18.9 Å². The second-order valence-electron chi connectivity index (χ2n) is 5.34. The molecule has 2 atom stereocenters. The van der Waals surface area contributed by atoms with E-state index in [0.717, 1.165) is 25.0 Å². The molecule has 0 bridgehead atoms. The van der Waals surface area contributed by atoms with E-state index in [-0.39, 0.29) is 23.7 Å². The van der Waals surface area contributed by atoms with E-state index in [1.165, 1.54) is 11.3 Å². The molecular weight excluding hydrogens is 331 g/mol. The maximum atomic E-state index is 12.1. The molecule has 6 nitrogen and oxygen atoms in total. The Hall–Kier alpha value is -1.84. The lowest BCUT2D eigenvalue weighted by atomic mass is 10.0. The first-order chi connectivity index (χ1) is 10.8. The first-order valence-electron chi connectivity index (χ1n) is 7.09. The molecule has 10 heteroatoms. The van der Waals surface area contributed by atoms with Crippen LogP contribution >= 0.6 is 11.3 Å². The Kier molecular flexibility index (Phi) is 5.45. The number of rotatable bonds is 4. The highest BCUT2D eigenvalue weighted by atomic mass is 32.1. The molecule has 0 spiro atoms. The molecular formula is C13H18F3N5OS. The van der Waals surface area contributed by atoms with Crippen LogP contribution in [0, 0.1) is 5.92 Å². The average molecular weight is 349 g/mol. The van der Waals surface area contributed by atoms with Gasteiger partial charge in [0.05, 0.1) is 5.69 Å². The SMILES string of the molecule is CNC(=O)C1CCC(c2csc(NC(N)=NCC(F)(F)F)n2)C1. The number of anilines is 1. The van der Waals surface area contributed by atoms with E-state index < -0.39 is 12.7 Å². The molecule has 4 N–H and O–H groups in total. The zero-order valence-electron chi connectivity index (χ0n) is 12.5. The molecule has 1 aliphatic carbocycles. The second kappa shape index (κ2) is 7.16. The van der Waals surface area contributed by atoms with Crippen LogP contribution in [-0.2, 0) is 4.79 Å². The van der Waals surface area contributed by atoms with Crippen molar-refractivity contribution in [1.82, 2.24) is 10.3 Å². The summed E-state index contributed by atoms with van der Waals surface area (Å²) in [7, 11) is 1.61. The molecule has 1 aromatic heterocycles. The van der Waals surface area contributed by atoms with Crippen molar-refractivity contribution in [3.63, 3.8) is 0 Å². The van der Waals surface area contributed by atoms with Crippen molar-refractivity contribution in [1.29, 1.82) is 0 Å². The van der Waals surface area contributed by atoms with E-state index in [2.05, 4.69) is 20.6 Å². The maximum absolute atomic E-state index is 12.1. The number of aromatic nitrogens is 1. The quantitative estimate of drug-likeness (QED) is 0.573. The second-order valence-corrected chi connectivity index (χ2v) is 6.20. The van der Waals surface area contributed by atoms with Gasteiger partial charge in [0, 0.05) is 24.3 Å². The van der Waals surface area contributed by atoms with Gasteiger partial charge in [0.1, 0.15) is 6.54 Å². The molecule has 0 radical (unpaired) electrons. The molecule has 1 aromatic rings. The van der Waals surface area contributed by atoms with Crippen molar-refractivity contribution in [3.05, 3.63) is 11.1 Å². The topological polar surface area (TPSA) is 92.4 Å². The molecule has 0 aliphatic heterocycles.